The zero-order valence-electron chi connectivity index (χ0n) is 8.70. The summed E-state index contributed by atoms with van der Waals surface area (Å²) in [6.45, 7) is 0. The maximum atomic E-state index is 11.7. The number of hydrogen-bond donors (Lipinski definition) is 1. The summed E-state index contributed by atoms with van der Waals surface area (Å²) >= 11 is 0. The van der Waals surface area contributed by atoms with Gasteiger partial charge in [-0.05, 0) is 36.8 Å². The first-order valence-corrected chi connectivity index (χ1v) is 5.70. The van der Waals surface area contributed by atoms with Gasteiger partial charge >= 0.3 is 0 Å². The highest BCUT2D eigenvalue weighted by Gasteiger charge is 2.31. The third-order valence-corrected chi connectivity index (χ3v) is 3.63. The van der Waals surface area contributed by atoms with Gasteiger partial charge in [-0.25, -0.2) is 0 Å². The minimum Gasteiger partial charge on any atom is -0.353 e. The molecule has 4 rings (SSSR count). The molecule has 2 atom stereocenters. The third kappa shape index (κ3) is 1.54. The van der Waals surface area contributed by atoms with Crippen LogP contribution in [0.1, 0.15) is 24.0 Å². The van der Waals surface area contributed by atoms with E-state index in [1.54, 1.807) is 0 Å². The Hall–Kier alpha value is -1.31. The van der Waals surface area contributed by atoms with Gasteiger partial charge in [0.1, 0.15) is 0 Å². The molecule has 1 amide bonds. The molecule has 1 fully saturated rings. The van der Waals surface area contributed by atoms with Crippen molar-refractivity contribution in [1.82, 2.24) is 5.32 Å². The molecule has 2 nitrogen and oxygen atoms in total. The molecule has 0 spiro atoms. The Balaban J connectivity index is 2.02. The lowest BCUT2D eigenvalue weighted by Crippen LogP contribution is -2.47. The minimum absolute atomic E-state index is 0.211. The van der Waals surface area contributed by atoms with E-state index in [2.05, 4.69) is 29.6 Å². The molecular weight excluding hydrogens is 186 g/mol. The van der Waals surface area contributed by atoms with Gasteiger partial charge in [0.2, 0.25) is 5.91 Å². The smallest absolute Gasteiger partial charge is 0.223 e. The molecule has 1 aromatic rings. The van der Waals surface area contributed by atoms with Crippen LogP contribution in [0.25, 0.3) is 0 Å². The summed E-state index contributed by atoms with van der Waals surface area (Å²) in [5.74, 6) is 0.475. The molecule has 0 radical (unpaired) electrons. The number of benzene rings is 1. The molecule has 1 aliphatic carbocycles. The molecule has 2 heterocycles. The van der Waals surface area contributed by atoms with Crippen molar-refractivity contribution in [3.8, 4) is 0 Å². The van der Waals surface area contributed by atoms with Crippen LogP contribution in [0.15, 0.2) is 24.3 Å². The first-order chi connectivity index (χ1) is 7.33. The van der Waals surface area contributed by atoms with E-state index in [0.29, 0.717) is 6.04 Å². The lowest BCUT2D eigenvalue weighted by atomic mass is 9.81. The van der Waals surface area contributed by atoms with Gasteiger partial charge in [0.05, 0.1) is 0 Å². The lowest BCUT2D eigenvalue weighted by molar-refractivity contribution is -0.127. The van der Waals surface area contributed by atoms with Crippen LogP contribution in [-0.4, -0.2) is 11.9 Å². The normalized spacial score (nSPS) is 28.9. The Morgan fingerprint density at radius 3 is 2.53 bits per heavy atom. The number of piperidine rings is 1. The number of amides is 1. The van der Waals surface area contributed by atoms with E-state index in [1.165, 1.54) is 11.1 Å². The van der Waals surface area contributed by atoms with Crippen molar-refractivity contribution in [2.75, 3.05) is 0 Å². The predicted molar refractivity (Wildman–Crippen MR) is 58.5 cm³/mol. The van der Waals surface area contributed by atoms with Crippen LogP contribution < -0.4 is 5.32 Å². The van der Waals surface area contributed by atoms with E-state index < -0.39 is 0 Å². The Kier molecular flexibility index (Phi) is 2.01. The second kappa shape index (κ2) is 3.37. The summed E-state index contributed by atoms with van der Waals surface area (Å²) in [5, 5.41) is 3.12. The van der Waals surface area contributed by atoms with Crippen LogP contribution in [0.4, 0.5) is 0 Å². The molecule has 1 saturated heterocycles. The van der Waals surface area contributed by atoms with Crippen molar-refractivity contribution in [2.45, 2.75) is 31.7 Å². The Morgan fingerprint density at radius 1 is 1.07 bits per heavy atom. The molecule has 15 heavy (non-hydrogen) atoms. The Labute approximate surface area is 89.7 Å². The predicted octanol–water partition coefficient (Wildman–Crippen LogP) is 1.68. The fraction of sp³-hybridized carbons (Fsp3) is 0.462. The summed E-state index contributed by atoms with van der Waals surface area (Å²) in [4.78, 5) is 11.7. The average molecular weight is 201 g/mol. The fourth-order valence-corrected chi connectivity index (χ4v) is 2.76. The maximum absolute atomic E-state index is 11.7. The van der Waals surface area contributed by atoms with Crippen LogP contribution in [0, 0.1) is 5.92 Å². The molecule has 3 aliphatic rings. The van der Waals surface area contributed by atoms with E-state index in [4.69, 9.17) is 0 Å². The monoisotopic (exact) mass is 201 g/mol. The van der Waals surface area contributed by atoms with E-state index >= 15 is 0 Å². The van der Waals surface area contributed by atoms with Crippen LogP contribution in [0.3, 0.4) is 0 Å². The number of carbonyl (C=O) groups excluding carboxylic acids is 1. The van der Waals surface area contributed by atoms with E-state index in [0.717, 1.165) is 25.7 Å². The van der Waals surface area contributed by atoms with Gasteiger partial charge in [-0.2, -0.15) is 0 Å². The molecule has 1 N–H and O–H groups in total. The highest BCUT2D eigenvalue weighted by Crippen LogP contribution is 2.27. The second-order valence-electron chi connectivity index (χ2n) is 4.66. The summed E-state index contributed by atoms with van der Waals surface area (Å²) < 4.78 is 0. The van der Waals surface area contributed by atoms with Gasteiger partial charge in [-0.1, -0.05) is 24.3 Å². The van der Waals surface area contributed by atoms with Crippen LogP contribution >= 0.6 is 0 Å². The maximum Gasteiger partial charge on any atom is 0.223 e. The van der Waals surface area contributed by atoms with E-state index in [-0.39, 0.29) is 11.8 Å². The molecule has 2 bridgehead atoms. The standard InChI is InChI=1S/C13H15NO/c15-13-11-5-6-12(14-13)8-10-4-2-1-3-9(10)7-11/h1-4,11-12H,5-8H2,(H,14,15)/t11-,12+/m1/s1. The lowest BCUT2D eigenvalue weighted by Gasteiger charge is -2.33. The van der Waals surface area contributed by atoms with Gasteiger partial charge < -0.3 is 5.32 Å². The second-order valence-corrected chi connectivity index (χ2v) is 4.66. The van der Waals surface area contributed by atoms with Crippen LogP contribution in [-0.2, 0) is 17.6 Å². The summed E-state index contributed by atoms with van der Waals surface area (Å²) in [6, 6.07) is 8.91. The van der Waals surface area contributed by atoms with Crippen molar-refractivity contribution in [2.24, 2.45) is 5.92 Å². The molecule has 2 aliphatic heterocycles. The average Bonchev–Trinajstić information content (AvgIpc) is 2.20. The number of hydrogen-bond acceptors (Lipinski definition) is 1. The van der Waals surface area contributed by atoms with Gasteiger partial charge in [0.25, 0.3) is 0 Å². The van der Waals surface area contributed by atoms with Gasteiger partial charge in [0, 0.05) is 12.0 Å². The van der Waals surface area contributed by atoms with Crippen LogP contribution in [0.5, 0.6) is 0 Å². The van der Waals surface area contributed by atoms with Gasteiger partial charge in [0.15, 0.2) is 0 Å². The van der Waals surface area contributed by atoms with E-state index in [9.17, 15) is 4.79 Å². The van der Waals surface area contributed by atoms with Crippen molar-refractivity contribution in [1.29, 1.82) is 0 Å². The first-order valence-electron chi connectivity index (χ1n) is 5.70. The topological polar surface area (TPSA) is 29.1 Å². The molecule has 1 aromatic carbocycles. The molecular formula is C13H15NO. The SMILES string of the molecule is O=C1N[C@H]2CC[C@@H]1Cc1ccccc1C2. The number of carbonyl (C=O) groups is 1. The zero-order chi connectivity index (χ0) is 10.3. The third-order valence-electron chi connectivity index (χ3n) is 3.63. The molecule has 0 aromatic heterocycles. The Morgan fingerprint density at radius 2 is 1.80 bits per heavy atom. The molecule has 2 heteroatoms. The molecule has 78 valence electrons. The quantitative estimate of drug-likeness (QED) is 0.680. The molecule has 0 unspecified atom stereocenters. The van der Waals surface area contributed by atoms with Crippen LogP contribution in [0.2, 0.25) is 0 Å². The van der Waals surface area contributed by atoms with Crippen molar-refractivity contribution in [3.05, 3.63) is 35.4 Å². The minimum atomic E-state index is 0.211. The van der Waals surface area contributed by atoms with Gasteiger partial charge in [-0.3, -0.25) is 4.79 Å². The van der Waals surface area contributed by atoms with Crippen molar-refractivity contribution in [3.63, 3.8) is 0 Å². The zero-order valence-corrected chi connectivity index (χ0v) is 8.70. The Bertz CT molecular complexity index is 399. The van der Waals surface area contributed by atoms with Crippen molar-refractivity contribution >= 4 is 5.91 Å². The summed E-state index contributed by atoms with van der Waals surface area (Å²) in [7, 11) is 0. The summed E-state index contributed by atoms with van der Waals surface area (Å²) in [6.07, 6.45) is 4.14. The van der Waals surface area contributed by atoms with Gasteiger partial charge in [-0.15, -0.1) is 0 Å². The van der Waals surface area contributed by atoms with E-state index in [1.807, 2.05) is 0 Å². The highest BCUT2D eigenvalue weighted by atomic mass is 16.2. The first kappa shape index (κ1) is 8.96. The number of rotatable bonds is 0. The largest absolute Gasteiger partial charge is 0.353 e. The highest BCUT2D eigenvalue weighted by molar-refractivity contribution is 5.80. The van der Waals surface area contributed by atoms with Crippen molar-refractivity contribution < 1.29 is 4.79 Å². The fourth-order valence-electron chi connectivity index (χ4n) is 2.76. The summed E-state index contributed by atoms with van der Waals surface area (Å²) in [5.41, 5.74) is 2.80. The number of nitrogens with one attached hydrogen (secondary N) is 1. The molecule has 0 saturated carbocycles. The number of fused-ring (bicyclic) bond motifs is 2.